The van der Waals surface area contributed by atoms with Gasteiger partial charge in [-0.15, -0.1) is 0 Å². The molecule has 0 fully saturated rings. The van der Waals surface area contributed by atoms with Gasteiger partial charge in [-0.2, -0.15) is 5.26 Å². The maximum atomic E-state index is 12.8. The van der Waals surface area contributed by atoms with E-state index in [2.05, 4.69) is 5.32 Å². The zero-order chi connectivity index (χ0) is 13.8. The quantitative estimate of drug-likeness (QED) is 0.890. The highest BCUT2D eigenvalue weighted by molar-refractivity contribution is 5.85. The smallest absolute Gasteiger partial charge is 0.240 e. The van der Waals surface area contributed by atoms with Crippen LogP contribution in [0.5, 0.6) is 0 Å². The van der Waals surface area contributed by atoms with Crippen molar-refractivity contribution in [2.45, 2.75) is 33.2 Å². The van der Waals surface area contributed by atoms with Gasteiger partial charge < -0.3 is 5.32 Å². The molecule has 0 bridgehead atoms. The third-order valence-corrected chi connectivity index (χ3v) is 3.17. The minimum Gasteiger partial charge on any atom is -0.348 e. The van der Waals surface area contributed by atoms with Crippen molar-refractivity contribution in [2.24, 2.45) is 5.41 Å². The van der Waals surface area contributed by atoms with Crippen LogP contribution in [0.4, 0.5) is 4.39 Å². The first-order valence-corrected chi connectivity index (χ1v) is 5.90. The molecular formula is C14H17FN2O. The third kappa shape index (κ3) is 3.07. The molecule has 18 heavy (non-hydrogen) atoms. The summed E-state index contributed by atoms with van der Waals surface area (Å²) in [6, 6.07) is 7.71. The lowest BCUT2D eigenvalue weighted by molar-refractivity contribution is -0.128. The number of carbonyl (C=O) groups is 1. The second-order valence-electron chi connectivity index (χ2n) is 4.54. The topological polar surface area (TPSA) is 52.9 Å². The molecule has 1 rings (SSSR count). The maximum absolute atomic E-state index is 12.8. The van der Waals surface area contributed by atoms with Gasteiger partial charge in [-0.25, -0.2) is 4.39 Å². The van der Waals surface area contributed by atoms with Crippen LogP contribution < -0.4 is 5.32 Å². The minimum atomic E-state index is -1.02. The fourth-order valence-electron chi connectivity index (χ4n) is 1.48. The lowest BCUT2D eigenvalue weighted by Gasteiger charge is -2.22. The van der Waals surface area contributed by atoms with Crippen molar-refractivity contribution < 1.29 is 9.18 Å². The number of nitrogens with one attached hydrogen (secondary N) is 1. The number of nitriles is 1. The van der Waals surface area contributed by atoms with E-state index in [1.54, 1.807) is 32.9 Å². The first-order chi connectivity index (χ1) is 8.42. The minimum absolute atomic E-state index is 0.252. The number of hydrogen-bond donors (Lipinski definition) is 1. The van der Waals surface area contributed by atoms with Gasteiger partial charge in [0.2, 0.25) is 5.91 Å². The molecule has 96 valence electrons. The summed E-state index contributed by atoms with van der Waals surface area (Å²) in [6.45, 7) is 5.21. The second-order valence-corrected chi connectivity index (χ2v) is 4.54. The van der Waals surface area contributed by atoms with E-state index < -0.39 is 5.41 Å². The Bertz CT molecular complexity index is 464. The van der Waals surface area contributed by atoms with Gasteiger partial charge >= 0.3 is 0 Å². The molecule has 2 atom stereocenters. The third-order valence-electron chi connectivity index (χ3n) is 3.17. The van der Waals surface area contributed by atoms with Gasteiger partial charge in [0.15, 0.2) is 0 Å². The molecule has 0 saturated heterocycles. The summed E-state index contributed by atoms with van der Waals surface area (Å²) in [5, 5.41) is 11.8. The van der Waals surface area contributed by atoms with Gasteiger partial charge in [0.25, 0.3) is 0 Å². The Morgan fingerprint density at radius 3 is 2.50 bits per heavy atom. The highest BCUT2D eigenvalue weighted by Gasteiger charge is 2.32. The zero-order valence-corrected chi connectivity index (χ0v) is 10.8. The molecule has 0 aliphatic rings. The standard InChI is InChI=1S/C14H17FN2O/c1-4-14(3,9-16)13(18)17-10(2)11-5-7-12(15)8-6-11/h5-8,10H,4H2,1-3H3,(H,17,18). The lowest BCUT2D eigenvalue weighted by Crippen LogP contribution is -2.38. The van der Waals surface area contributed by atoms with Gasteiger partial charge in [0.1, 0.15) is 11.2 Å². The Kier molecular flexibility index (Phi) is 4.43. The van der Waals surface area contributed by atoms with Crippen LogP contribution in [0, 0.1) is 22.6 Å². The molecule has 4 heteroatoms. The first-order valence-electron chi connectivity index (χ1n) is 5.90. The molecule has 0 heterocycles. The van der Waals surface area contributed by atoms with Crippen molar-refractivity contribution in [2.75, 3.05) is 0 Å². The number of rotatable bonds is 4. The second kappa shape index (κ2) is 5.63. The zero-order valence-electron chi connectivity index (χ0n) is 10.8. The molecule has 0 spiro atoms. The number of benzene rings is 1. The Morgan fingerprint density at radius 2 is 2.06 bits per heavy atom. The van der Waals surface area contributed by atoms with E-state index in [1.807, 2.05) is 6.07 Å². The molecule has 1 N–H and O–H groups in total. The van der Waals surface area contributed by atoms with Gasteiger partial charge in [0, 0.05) is 0 Å². The average Bonchev–Trinajstić information content (AvgIpc) is 2.38. The van der Waals surface area contributed by atoms with E-state index in [1.165, 1.54) is 12.1 Å². The molecule has 1 amide bonds. The summed E-state index contributed by atoms with van der Waals surface area (Å²) in [5.74, 6) is -0.614. The summed E-state index contributed by atoms with van der Waals surface area (Å²) in [6.07, 6.45) is 0.450. The molecule has 2 unspecified atom stereocenters. The average molecular weight is 248 g/mol. The number of amides is 1. The van der Waals surface area contributed by atoms with E-state index in [0.717, 1.165) is 5.56 Å². The van der Waals surface area contributed by atoms with Crippen molar-refractivity contribution in [3.63, 3.8) is 0 Å². The predicted octanol–water partition coefficient (Wildman–Crippen LogP) is 2.94. The van der Waals surface area contributed by atoms with E-state index >= 15 is 0 Å². The van der Waals surface area contributed by atoms with E-state index in [0.29, 0.717) is 6.42 Å². The SMILES string of the molecule is CCC(C)(C#N)C(=O)NC(C)c1ccc(F)cc1. The van der Waals surface area contributed by atoms with Gasteiger partial charge in [-0.1, -0.05) is 19.1 Å². The number of halogens is 1. The van der Waals surface area contributed by atoms with Crippen LogP contribution in [0.1, 0.15) is 38.8 Å². The number of hydrogen-bond acceptors (Lipinski definition) is 2. The summed E-state index contributed by atoms with van der Waals surface area (Å²) in [5.41, 5.74) is -0.213. The van der Waals surface area contributed by atoms with Gasteiger partial charge in [-0.3, -0.25) is 4.79 Å². The fraction of sp³-hybridized carbons (Fsp3) is 0.429. The van der Waals surface area contributed by atoms with E-state index in [4.69, 9.17) is 5.26 Å². The normalized spacial score (nSPS) is 15.3. The summed E-state index contributed by atoms with van der Waals surface area (Å²) in [7, 11) is 0. The fourth-order valence-corrected chi connectivity index (χ4v) is 1.48. The molecular weight excluding hydrogens is 231 g/mol. The Morgan fingerprint density at radius 1 is 1.50 bits per heavy atom. The Balaban J connectivity index is 2.77. The van der Waals surface area contributed by atoms with Crippen LogP contribution >= 0.6 is 0 Å². The van der Waals surface area contributed by atoms with Gasteiger partial charge in [0.05, 0.1) is 12.1 Å². The molecule has 0 aliphatic carbocycles. The monoisotopic (exact) mass is 248 g/mol. The highest BCUT2D eigenvalue weighted by Crippen LogP contribution is 2.22. The molecule has 0 aromatic heterocycles. The van der Waals surface area contributed by atoms with Crippen molar-refractivity contribution in [1.29, 1.82) is 5.26 Å². The first kappa shape index (κ1) is 14.2. The van der Waals surface area contributed by atoms with Crippen LogP contribution in [0.25, 0.3) is 0 Å². The van der Waals surface area contributed by atoms with Crippen molar-refractivity contribution >= 4 is 5.91 Å². The molecule has 0 radical (unpaired) electrons. The Labute approximate surface area is 107 Å². The molecule has 0 saturated carbocycles. The van der Waals surface area contributed by atoms with Crippen LogP contribution in [0.2, 0.25) is 0 Å². The maximum Gasteiger partial charge on any atom is 0.240 e. The van der Waals surface area contributed by atoms with Crippen molar-refractivity contribution in [1.82, 2.24) is 5.32 Å². The summed E-state index contributed by atoms with van der Waals surface area (Å²) in [4.78, 5) is 12.0. The largest absolute Gasteiger partial charge is 0.348 e. The van der Waals surface area contributed by atoms with Crippen LogP contribution in [0.15, 0.2) is 24.3 Å². The molecule has 0 aliphatic heterocycles. The van der Waals surface area contributed by atoms with E-state index in [9.17, 15) is 9.18 Å². The molecule has 1 aromatic rings. The van der Waals surface area contributed by atoms with Crippen molar-refractivity contribution in [3.8, 4) is 6.07 Å². The number of nitrogens with zero attached hydrogens (tertiary/aromatic N) is 1. The summed E-state index contributed by atoms with van der Waals surface area (Å²) < 4.78 is 12.8. The summed E-state index contributed by atoms with van der Waals surface area (Å²) >= 11 is 0. The predicted molar refractivity (Wildman–Crippen MR) is 67.0 cm³/mol. The lowest BCUT2D eigenvalue weighted by atomic mass is 9.88. The van der Waals surface area contributed by atoms with Crippen LogP contribution in [-0.4, -0.2) is 5.91 Å². The molecule has 1 aromatic carbocycles. The van der Waals surface area contributed by atoms with Gasteiger partial charge in [-0.05, 0) is 38.0 Å². The molecule has 3 nitrogen and oxygen atoms in total. The Hall–Kier alpha value is -1.89. The van der Waals surface area contributed by atoms with Crippen LogP contribution in [-0.2, 0) is 4.79 Å². The highest BCUT2D eigenvalue weighted by atomic mass is 19.1. The van der Waals surface area contributed by atoms with Crippen molar-refractivity contribution in [3.05, 3.63) is 35.6 Å². The van der Waals surface area contributed by atoms with Crippen LogP contribution in [0.3, 0.4) is 0 Å². The van der Waals surface area contributed by atoms with E-state index in [-0.39, 0.29) is 17.8 Å². The number of carbonyl (C=O) groups excluding carboxylic acids is 1.